The Labute approximate surface area is 88.1 Å². The number of aromatic nitrogens is 3. The topological polar surface area (TPSA) is 50.7 Å². The van der Waals surface area contributed by atoms with Crippen LogP contribution in [-0.2, 0) is 0 Å². The molecule has 0 bridgehead atoms. The van der Waals surface area contributed by atoms with E-state index in [1.807, 2.05) is 18.2 Å². The van der Waals surface area contributed by atoms with Crippen molar-refractivity contribution in [2.75, 3.05) is 11.9 Å². The highest BCUT2D eigenvalue weighted by Gasteiger charge is 1.98. The number of hydrogen-bond acceptors (Lipinski definition) is 4. The van der Waals surface area contributed by atoms with Crippen LogP contribution in [0.4, 0.5) is 5.82 Å². The molecule has 0 saturated carbocycles. The molecule has 0 aliphatic heterocycles. The molecule has 2 aromatic rings. The Hall–Kier alpha value is -1.97. The number of fused-ring (bicyclic) bond motifs is 1. The quantitative estimate of drug-likeness (QED) is 0.606. The maximum Gasteiger partial charge on any atom is 0.180 e. The van der Waals surface area contributed by atoms with E-state index in [2.05, 4.69) is 26.8 Å². The molecule has 76 valence electrons. The monoisotopic (exact) mass is 200 g/mol. The second-order valence-corrected chi connectivity index (χ2v) is 3.10. The summed E-state index contributed by atoms with van der Waals surface area (Å²) in [4.78, 5) is 12.6. The molecule has 2 heterocycles. The zero-order valence-electron chi connectivity index (χ0n) is 8.35. The van der Waals surface area contributed by atoms with Gasteiger partial charge in [-0.1, -0.05) is 6.08 Å². The molecule has 0 aliphatic rings. The second-order valence-electron chi connectivity index (χ2n) is 3.10. The molecule has 2 aromatic heterocycles. The zero-order chi connectivity index (χ0) is 10.5. The van der Waals surface area contributed by atoms with Gasteiger partial charge in [-0.15, -0.1) is 6.58 Å². The fourth-order valence-corrected chi connectivity index (χ4v) is 1.26. The van der Waals surface area contributed by atoms with Gasteiger partial charge < -0.3 is 5.32 Å². The Kier molecular flexibility index (Phi) is 2.88. The van der Waals surface area contributed by atoms with E-state index in [1.165, 1.54) is 0 Å². The minimum atomic E-state index is 0.668. The van der Waals surface area contributed by atoms with Crippen LogP contribution in [0.25, 0.3) is 11.2 Å². The number of hydrogen-bond donors (Lipinski definition) is 1. The highest BCUT2D eigenvalue weighted by atomic mass is 15.0. The fourth-order valence-electron chi connectivity index (χ4n) is 1.26. The third-order valence-electron chi connectivity index (χ3n) is 1.99. The lowest BCUT2D eigenvalue weighted by atomic mass is 10.4. The van der Waals surface area contributed by atoms with Gasteiger partial charge in [-0.05, 0) is 18.6 Å². The highest BCUT2D eigenvalue weighted by Crippen LogP contribution is 2.09. The number of rotatable bonds is 4. The van der Waals surface area contributed by atoms with Crippen LogP contribution in [0.2, 0.25) is 0 Å². The first-order chi connectivity index (χ1) is 7.40. The van der Waals surface area contributed by atoms with Crippen LogP contribution in [0.1, 0.15) is 6.42 Å². The van der Waals surface area contributed by atoms with Crippen molar-refractivity contribution in [2.24, 2.45) is 0 Å². The van der Waals surface area contributed by atoms with Crippen LogP contribution in [0.5, 0.6) is 0 Å². The fraction of sp³-hybridized carbons (Fsp3) is 0.182. The van der Waals surface area contributed by atoms with Crippen molar-refractivity contribution in [3.05, 3.63) is 37.2 Å². The van der Waals surface area contributed by atoms with E-state index < -0.39 is 0 Å². The highest BCUT2D eigenvalue weighted by molar-refractivity contribution is 5.71. The van der Waals surface area contributed by atoms with Crippen LogP contribution in [0, 0.1) is 0 Å². The van der Waals surface area contributed by atoms with Crippen molar-refractivity contribution in [3.8, 4) is 0 Å². The summed E-state index contributed by atoms with van der Waals surface area (Å²) < 4.78 is 0. The Balaban J connectivity index is 2.19. The summed E-state index contributed by atoms with van der Waals surface area (Å²) in [5, 5.41) is 3.19. The first-order valence-corrected chi connectivity index (χ1v) is 4.82. The Morgan fingerprint density at radius 2 is 2.13 bits per heavy atom. The van der Waals surface area contributed by atoms with Crippen LogP contribution < -0.4 is 5.32 Å². The third-order valence-corrected chi connectivity index (χ3v) is 1.99. The van der Waals surface area contributed by atoms with Crippen molar-refractivity contribution in [1.29, 1.82) is 0 Å². The Morgan fingerprint density at radius 1 is 1.27 bits per heavy atom. The van der Waals surface area contributed by atoms with E-state index in [1.54, 1.807) is 12.4 Å². The lowest BCUT2D eigenvalue weighted by molar-refractivity contribution is 1.05. The minimum Gasteiger partial charge on any atom is -0.370 e. The van der Waals surface area contributed by atoms with Gasteiger partial charge in [-0.2, -0.15) is 0 Å². The molecule has 15 heavy (non-hydrogen) atoms. The molecule has 0 aromatic carbocycles. The molecule has 1 N–H and O–H groups in total. The zero-order valence-corrected chi connectivity index (χ0v) is 8.35. The SMILES string of the molecule is C=CCCNc1ccc2nccnc2n1. The summed E-state index contributed by atoms with van der Waals surface area (Å²) in [6.07, 6.45) is 6.09. The largest absolute Gasteiger partial charge is 0.370 e. The molecular weight excluding hydrogens is 188 g/mol. The minimum absolute atomic E-state index is 0.668. The van der Waals surface area contributed by atoms with Gasteiger partial charge in [0, 0.05) is 18.9 Å². The molecule has 4 heteroatoms. The van der Waals surface area contributed by atoms with Gasteiger partial charge >= 0.3 is 0 Å². The number of nitrogens with zero attached hydrogens (tertiary/aromatic N) is 3. The predicted octanol–water partition coefficient (Wildman–Crippen LogP) is 2.01. The Bertz CT molecular complexity index is 467. The summed E-state index contributed by atoms with van der Waals surface area (Å²) in [6.45, 7) is 4.49. The molecule has 0 spiro atoms. The van der Waals surface area contributed by atoms with Gasteiger partial charge in [-0.3, -0.25) is 4.98 Å². The van der Waals surface area contributed by atoms with Gasteiger partial charge in [0.05, 0.1) is 0 Å². The average Bonchev–Trinajstić information content (AvgIpc) is 2.29. The molecule has 0 atom stereocenters. The van der Waals surface area contributed by atoms with Crippen molar-refractivity contribution in [3.63, 3.8) is 0 Å². The maximum absolute atomic E-state index is 4.33. The molecule has 0 amide bonds. The average molecular weight is 200 g/mol. The van der Waals surface area contributed by atoms with Crippen LogP contribution in [0.3, 0.4) is 0 Å². The van der Waals surface area contributed by atoms with E-state index in [0.29, 0.717) is 5.65 Å². The molecular formula is C11H12N4. The van der Waals surface area contributed by atoms with Crippen molar-refractivity contribution in [1.82, 2.24) is 15.0 Å². The lowest BCUT2D eigenvalue weighted by Gasteiger charge is -2.03. The summed E-state index contributed by atoms with van der Waals surface area (Å²) in [6, 6.07) is 3.81. The van der Waals surface area contributed by atoms with Crippen molar-refractivity contribution >= 4 is 17.0 Å². The molecule has 0 saturated heterocycles. The molecule has 0 unspecified atom stereocenters. The first-order valence-electron chi connectivity index (χ1n) is 4.82. The van der Waals surface area contributed by atoms with Crippen LogP contribution in [0.15, 0.2) is 37.2 Å². The molecule has 2 rings (SSSR count). The van der Waals surface area contributed by atoms with Crippen LogP contribution in [-0.4, -0.2) is 21.5 Å². The maximum atomic E-state index is 4.33. The second kappa shape index (κ2) is 4.50. The standard InChI is InChI=1S/C11H12N4/c1-2-3-6-13-10-5-4-9-11(15-10)14-8-7-12-9/h2,4-5,7-8H,1,3,6H2,(H,13,14,15). The van der Waals surface area contributed by atoms with E-state index in [-0.39, 0.29) is 0 Å². The third kappa shape index (κ3) is 2.28. The smallest absolute Gasteiger partial charge is 0.180 e. The normalized spacial score (nSPS) is 10.1. The molecule has 0 fully saturated rings. The summed E-state index contributed by atoms with van der Waals surface area (Å²) in [5.41, 5.74) is 1.48. The molecule has 0 radical (unpaired) electrons. The lowest BCUT2D eigenvalue weighted by Crippen LogP contribution is -2.02. The number of anilines is 1. The van der Waals surface area contributed by atoms with Gasteiger partial charge in [-0.25, -0.2) is 9.97 Å². The first kappa shape index (κ1) is 9.58. The van der Waals surface area contributed by atoms with E-state index in [4.69, 9.17) is 0 Å². The number of nitrogens with one attached hydrogen (secondary N) is 1. The number of pyridine rings is 1. The molecule has 4 nitrogen and oxygen atoms in total. The van der Waals surface area contributed by atoms with Crippen molar-refractivity contribution < 1.29 is 0 Å². The van der Waals surface area contributed by atoms with Gasteiger partial charge in [0.25, 0.3) is 0 Å². The Morgan fingerprint density at radius 3 is 3.00 bits per heavy atom. The summed E-state index contributed by atoms with van der Waals surface area (Å²) >= 11 is 0. The van der Waals surface area contributed by atoms with Crippen molar-refractivity contribution in [2.45, 2.75) is 6.42 Å². The van der Waals surface area contributed by atoms with Gasteiger partial charge in [0.2, 0.25) is 0 Å². The van der Waals surface area contributed by atoms with E-state index >= 15 is 0 Å². The van der Waals surface area contributed by atoms with Gasteiger partial charge in [0.15, 0.2) is 5.65 Å². The van der Waals surface area contributed by atoms with Crippen LogP contribution >= 0.6 is 0 Å². The molecule has 0 aliphatic carbocycles. The summed E-state index contributed by atoms with van der Waals surface area (Å²) in [5.74, 6) is 0.824. The summed E-state index contributed by atoms with van der Waals surface area (Å²) in [7, 11) is 0. The van der Waals surface area contributed by atoms with E-state index in [0.717, 1.165) is 24.3 Å². The van der Waals surface area contributed by atoms with Gasteiger partial charge in [0.1, 0.15) is 11.3 Å². The van der Waals surface area contributed by atoms with E-state index in [9.17, 15) is 0 Å². The predicted molar refractivity (Wildman–Crippen MR) is 60.6 cm³/mol.